The van der Waals surface area contributed by atoms with Crippen LogP contribution < -0.4 is 4.74 Å². The van der Waals surface area contributed by atoms with Crippen LogP contribution in [0.3, 0.4) is 0 Å². The number of hydrogen-bond acceptors (Lipinski definition) is 6. The lowest BCUT2D eigenvalue weighted by Crippen LogP contribution is -2.50. The smallest absolute Gasteiger partial charge is 0.243 e. The quantitative estimate of drug-likeness (QED) is 0.533. The Bertz CT molecular complexity index is 1010. The maximum Gasteiger partial charge on any atom is 0.243 e. The summed E-state index contributed by atoms with van der Waals surface area (Å²) < 4.78 is 33.2. The van der Waals surface area contributed by atoms with Gasteiger partial charge in [-0.15, -0.1) is 0 Å². The number of β-amino-alcohol motifs (C(OH)–C–C–N with tert-alkyl or cyclic N) is 1. The number of rotatable bonds is 10. The van der Waals surface area contributed by atoms with Crippen LogP contribution in [-0.2, 0) is 10.0 Å². The minimum absolute atomic E-state index is 0.00847. The van der Waals surface area contributed by atoms with Crippen molar-refractivity contribution in [3.63, 3.8) is 0 Å². The number of sulfonamides is 1. The van der Waals surface area contributed by atoms with Gasteiger partial charge in [0.15, 0.2) is 5.78 Å². The Labute approximate surface area is 197 Å². The van der Waals surface area contributed by atoms with Crippen molar-refractivity contribution in [2.45, 2.75) is 44.1 Å². The highest BCUT2D eigenvalue weighted by Crippen LogP contribution is 2.23. The number of hydrogen-bond donors (Lipinski definition) is 1. The molecule has 0 aromatic heterocycles. The Hall–Kier alpha value is -2.26. The van der Waals surface area contributed by atoms with Crippen LogP contribution in [0.1, 0.15) is 49.0 Å². The van der Waals surface area contributed by atoms with Gasteiger partial charge in [0.1, 0.15) is 18.5 Å². The first-order valence-corrected chi connectivity index (χ1v) is 12.9. The Morgan fingerprint density at radius 2 is 1.64 bits per heavy atom. The second-order valence-electron chi connectivity index (χ2n) is 8.63. The SMILES string of the molecule is CC[C@H](C)c1ccc(S(=O)(=O)N2CCN(C[C@H](O)COc3ccc(C(C)=O)cc3)CC2)cc1. The van der Waals surface area contributed by atoms with Crippen molar-refractivity contribution in [3.05, 3.63) is 59.7 Å². The fraction of sp³-hybridized carbons (Fsp3) is 0.480. The molecule has 1 aliphatic heterocycles. The number of piperazine rings is 1. The van der Waals surface area contributed by atoms with Gasteiger partial charge in [-0.25, -0.2) is 8.42 Å². The Kier molecular flexibility index (Phi) is 8.64. The molecule has 33 heavy (non-hydrogen) atoms. The number of ketones is 1. The summed E-state index contributed by atoms with van der Waals surface area (Å²) in [5.74, 6) is 0.987. The van der Waals surface area contributed by atoms with Crippen LogP contribution in [0, 0.1) is 0 Å². The van der Waals surface area contributed by atoms with E-state index in [9.17, 15) is 18.3 Å². The molecule has 0 bridgehead atoms. The average Bonchev–Trinajstić information content (AvgIpc) is 2.83. The minimum atomic E-state index is -3.52. The molecule has 7 nitrogen and oxygen atoms in total. The number of benzene rings is 2. The summed E-state index contributed by atoms with van der Waals surface area (Å²) in [6.45, 7) is 8.16. The van der Waals surface area contributed by atoms with Crippen LogP contribution >= 0.6 is 0 Å². The van der Waals surface area contributed by atoms with E-state index >= 15 is 0 Å². The van der Waals surface area contributed by atoms with Crippen molar-refractivity contribution in [1.29, 1.82) is 0 Å². The zero-order valence-electron chi connectivity index (χ0n) is 19.6. The lowest BCUT2D eigenvalue weighted by atomic mass is 9.99. The van der Waals surface area contributed by atoms with E-state index in [1.807, 2.05) is 17.0 Å². The predicted molar refractivity (Wildman–Crippen MR) is 128 cm³/mol. The summed E-state index contributed by atoms with van der Waals surface area (Å²) in [5.41, 5.74) is 1.76. The van der Waals surface area contributed by atoms with E-state index < -0.39 is 16.1 Å². The molecule has 0 saturated carbocycles. The summed E-state index contributed by atoms with van der Waals surface area (Å²) >= 11 is 0. The number of aliphatic hydroxyl groups excluding tert-OH is 1. The lowest BCUT2D eigenvalue weighted by molar-refractivity contribution is 0.0569. The topological polar surface area (TPSA) is 87.2 Å². The molecule has 2 aromatic rings. The zero-order chi connectivity index (χ0) is 24.0. The molecule has 1 aliphatic rings. The standard InChI is InChI=1S/C25H34N2O5S/c1-4-19(2)21-7-11-25(12-8-21)33(30,31)27-15-13-26(14-16-27)17-23(29)18-32-24-9-5-22(6-10-24)20(3)28/h5-12,19,23,29H,4,13-18H2,1-3H3/t19-,23-/m0/s1. The van der Waals surface area contributed by atoms with E-state index in [0.717, 1.165) is 12.0 Å². The Morgan fingerprint density at radius 3 is 2.18 bits per heavy atom. The largest absolute Gasteiger partial charge is 0.491 e. The zero-order valence-corrected chi connectivity index (χ0v) is 20.4. The van der Waals surface area contributed by atoms with E-state index in [0.29, 0.717) is 54.9 Å². The first-order valence-electron chi connectivity index (χ1n) is 11.4. The van der Waals surface area contributed by atoms with Crippen molar-refractivity contribution < 1.29 is 23.1 Å². The second-order valence-corrected chi connectivity index (χ2v) is 10.6. The van der Waals surface area contributed by atoms with E-state index in [2.05, 4.69) is 13.8 Å². The van der Waals surface area contributed by atoms with Crippen molar-refractivity contribution in [3.8, 4) is 5.75 Å². The van der Waals surface area contributed by atoms with Gasteiger partial charge in [0.25, 0.3) is 0 Å². The summed E-state index contributed by atoms with van der Waals surface area (Å²) in [6, 6.07) is 14.0. The highest BCUT2D eigenvalue weighted by molar-refractivity contribution is 7.89. The summed E-state index contributed by atoms with van der Waals surface area (Å²) in [6.07, 6.45) is 0.311. The van der Waals surface area contributed by atoms with E-state index in [1.165, 1.54) is 11.2 Å². The molecule has 0 radical (unpaired) electrons. The molecule has 1 N–H and O–H groups in total. The minimum Gasteiger partial charge on any atom is -0.491 e. The molecule has 2 atom stereocenters. The molecular formula is C25H34N2O5S. The van der Waals surface area contributed by atoms with Gasteiger partial charge in [-0.3, -0.25) is 9.69 Å². The van der Waals surface area contributed by atoms with Gasteiger partial charge < -0.3 is 9.84 Å². The number of carbonyl (C=O) groups is 1. The fourth-order valence-corrected chi connectivity index (χ4v) is 5.26. The summed E-state index contributed by atoms with van der Waals surface area (Å²) in [4.78, 5) is 13.7. The monoisotopic (exact) mass is 474 g/mol. The lowest BCUT2D eigenvalue weighted by Gasteiger charge is -2.34. The van der Waals surface area contributed by atoms with E-state index in [4.69, 9.17) is 4.74 Å². The molecule has 1 saturated heterocycles. The maximum atomic E-state index is 13.0. The molecule has 2 aromatic carbocycles. The van der Waals surface area contributed by atoms with E-state index in [1.54, 1.807) is 36.4 Å². The molecule has 1 fully saturated rings. The highest BCUT2D eigenvalue weighted by atomic mass is 32.2. The van der Waals surface area contributed by atoms with Gasteiger partial charge in [0.2, 0.25) is 10.0 Å². The molecule has 0 unspecified atom stereocenters. The maximum absolute atomic E-state index is 13.0. The van der Waals surface area contributed by atoms with Crippen LogP contribution in [0.5, 0.6) is 5.75 Å². The number of ether oxygens (including phenoxy) is 1. The Balaban J connectivity index is 1.47. The molecule has 1 heterocycles. The average molecular weight is 475 g/mol. The van der Waals surface area contributed by atoms with Crippen molar-refractivity contribution in [2.24, 2.45) is 0 Å². The third-order valence-electron chi connectivity index (χ3n) is 6.20. The Morgan fingerprint density at radius 1 is 1.03 bits per heavy atom. The van der Waals surface area contributed by atoms with Gasteiger partial charge in [-0.1, -0.05) is 26.0 Å². The van der Waals surface area contributed by atoms with Crippen molar-refractivity contribution >= 4 is 15.8 Å². The summed E-state index contributed by atoms with van der Waals surface area (Å²) in [5, 5.41) is 10.3. The van der Waals surface area contributed by atoms with Gasteiger partial charge in [0, 0.05) is 38.3 Å². The molecule has 8 heteroatoms. The third-order valence-corrected chi connectivity index (χ3v) is 8.12. The molecular weight excluding hydrogens is 440 g/mol. The molecule has 0 spiro atoms. The number of nitrogens with zero attached hydrogens (tertiary/aromatic N) is 2. The van der Waals surface area contributed by atoms with Gasteiger partial charge >= 0.3 is 0 Å². The first kappa shape index (κ1) is 25.4. The summed E-state index contributed by atoms with van der Waals surface area (Å²) in [7, 11) is -3.52. The van der Waals surface area contributed by atoms with Crippen LogP contribution in [0.25, 0.3) is 0 Å². The van der Waals surface area contributed by atoms with Gasteiger partial charge in [0.05, 0.1) is 4.90 Å². The van der Waals surface area contributed by atoms with Crippen molar-refractivity contribution in [1.82, 2.24) is 9.21 Å². The molecule has 3 rings (SSSR count). The highest BCUT2D eigenvalue weighted by Gasteiger charge is 2.29. The normalized spacial score (nSPS) is 17.5. The van der Waals surface area contributed by atoms with Gasteiger partial charge in [-0.05, 0) is 61.2 Å². The van der Waals surface area contributed by atoms with Crippen LogP contribution in [0.4, 0.5) is 0 Å². The molecule has 0 aliphatic carbocycles. The first-order chi connectivity index (χ1) is 15.7. The number of aliphatic hydroxyl groups is 1. The van der Waals surface area contributed by atoms with Crippen molar-refractivity contribution in [2.75, 3.05) is 39.3 Å². The third kappa shape index (κ3) is 6.63. The van der Waals surface area contributed by atoms with Crippen LogP contribution in [0.15, 0.2) is 53.4 Å². The number of carbonyl (C=O) groups excluding carboxylic acids is 1. The molecule has 180 valence electrons. The molecule has 0 amide bonds. The second kappa shape index (κ2) is 11.2. The number of Topliss-reactive ketones (excluding diaryl/α,β-unsaturated/α-hetero) is 1. The van der Waals surface area contributed by atoms with E-state index in [-0.39, 0.29) is 12.4 Å². The fourth-order valence-electron chi connectivity index (χ4n) is 3.83. The van der Waals surface area contributed by atoms with Gasteiger partial charge in [-0.2, -0.15) is 4.31 Å². The van der Waals surface area contributed by atoms with Crippen LogP contribution in [-0.4, -0.2) is 73.9 Å². The predicted octanol–water partition coefficient (Wildman–Crippen LogP) is 3.15. The van der Waals surface area contributed by atoms with Crippen LogP contribution in [0.2, 0.25) is 0 Å².